The number of carboxylic acids is 1. The highest BCUT2D eigenvalue weighted by molar-refractivity contribution is 6.22. The van der Waals surface area contributed by atoms with Crippen molar-refractivity contribution in [2.75, 3.05) is 7.11 Å². The van der Waals surface area contributed by atoms with Gasteiger partial charge in [0.1, 0.15) is 6.04 Å². The first-order valence-electron chi connectivity index (χ1n) is 6.24. The number of hydrogen-bond donors (Lipinski definition) is 1. The molecule has 0 fully saturated rings. The molecule has 1 aromatic carbocycles. The summed E-state index contributed by atoms with van der Waals surface area (Å²) in [5, 5.41) is 9.24. The van der Waals surface area contributed by atoms with Crippen LogP contribution in [0.4, 0.5) is 0 Å². The Labute approximate surface area is 120 Å². The molecule has 0 saturated carbocycles. The second-order valence-corrected chi connectivity index (χ2v) is 4.49. The van der Waals surface area contributed by atoms with Crippen LogP contribution in [0.2, 0.25) is 0 Å². The van der Waals surface area contributed by atoms with Crippen LogP contribution in [-0.4, -0.2) is 46.9 Å². The van der Waals surface area contributed by atoms with Crippen LogP contribution >= 0.6 is 0 Å². The van der Waals surface area contributed by atoms with Crippen LogP contribution in [0, 0.1) is 0 Å². The number of imide groups is 1. The normalized spacial score (nSPS) is 14.8. The van der Waals surface area contributed by atoms with Crippen molar-refractivity contribution in [3.05, 3.63) is 35.4 Å². The smallest absolute Gasteiger partial charge is 0.326 e. The second kappa shape index (κ2) is 5.74. The topological polar surface area (TPSA) is 101 Å². The van der Waals surface area contributed by atoms with Gasteiger partial charge in [-0.25, -0.2) is 4.79 Å². The van der Waals surface area contributed by atoms with Gasteiger partial charge in [-0.2, -0.15) is 0 Å². The molecule has 2 amide bonds. The molecule has 0 spiro atoms. The molecule has 0 unspecified atom stereocenters. The van der Waals surface area contributed by atoms with Gasteiger partial charge < -0.3 is 9.84 Å². The predicted octanol–water partition coefficient (Wildman–Crippen LogP) is 0.689. The number of esters is 1. The molecule has 110 valence electrons. The number of benzene rings is 1. The number of aliphatic carboxylic acids is 1. The molecule has 7 nitrogen and oxygen atoms in total. The lowest BCUT2D eigenvalue weighted by molar-refractivity contribution is -0.143. The minimum absolute atomic E-state index is 0.173. The maximum atomic E-state index is 12.2. The Morgan fingerprint density at radius 2 is 1.71 bits per heavy atom. The molecule has 0 aliphatic carbocycles. The molecule has 1 aliphatic heterocycles. The molecule has 0 radical (unpaired) electrons. The molecule has 1 N–H and O–H groups in total. The van der Waals surface area contributed by atoms with Gasteiger partial charge in [-0.05, 0) is 18.6 Å². The van der Waals surface area contributed by atoms with E-state index in [1.165, 1.54) is 19.2 Å². The summed E-state index contributed by atoms with van der Waals surface area (Å²) in [7, 11) is 1.18. The third-order valence-corrected chi connectivity index (χ3v) is 3.27. The van der Waals surface area contributed by atoms with Gasteiger partial charge in [-0.15, -0.1) is 0 Å². The van der Waals surface area contributed by atoms with Crippen LogP contribution < -0.4 is 0 Å². The lowest BCUT2D eigenvalue weighted by atomic mass is 10.1. The van der Waals surface area contributed by atoms with Crippen LogP contribution in [0.1, 0.15) is 33.6 Å². The Bertz CT molecular complexity index is 589. The number of carbonyl (C=O) groups excluding carboxylic acids is 3. The van der Waals surface area contributed by atoms with Gasteiger partial charge in [0.2, 0.25) is 0 Å². The summed E-state index contributed by atoms with van der Waals surface area (Å²) < 4.78 is 4.44. The van der Waals surface area contributed by atoms with E-state index >= 15 is 0 Å². The number of hydrogen-bond acceptors (Lipinski definition) is 5. The van der Waals surface area contributed by atoms with E-state index in [0.29, 0.717) is 4.90 Å². The Morgan fingerprint density at radius 1 is 1.19 bits per heavy atom. The monoisotopic (exact) mass is 291 g/mol. The summed E-state index contributed by atoms with van der Waals surface area (Å²) in [4.78, 5) is 47.5. The van der Waals surface area contributed by atoms with Gasteiger partial charge in [0.05, 0.1) is 18.2 Å². The highest BCUT2D eigenvalue weighted by atomic mass is 16.5. The van der Waals surface area contributed by atoms with Gasteiger partial charge in [-0.3, -0.25) is 19.3 Å². The first-order chi connectivity index (χ1) is 9.97. The molecule has 2 rings (SSSR count). The number of ether oxygens (including phenoxy) is 1. The molecule has 0 saturated heterocycles. The third-order valence-electron chi connectivity index (χ3n) is 3.27. The van der Waals surface area contributed by atoms with E-state index in [0.717, 1.165) is 0 Å². The van der Waals surface area contributed by atoms with E-state index in [9.17, 15) is 24.3 Å². The summed E-state index contributed by atoms with van der Waals surface area (Å²) in [5.41, 5.74) is 0.346. The highest BCUT2D eigenvalue weighted by Gasteiger charge is 2.42. The van der Waals surface area contributed by atoms with Crippen molar-refractivity contribution >= 4 is 23.8 Å². The highest BCUT2D eigenvalue weighted by Crippen LogP contribution is 2.26. The van der Waals surface area contributed by atoms with Gasteiger partial charge >= 0.3 is 11.9 Å². The Balaban J connectivity index is 2.27. The van der Waals surface area contributed by atoms with E-state index in [1.54, 1.807) is 12.1 Å². The van der Waals surface area contributed by atoms with Crippen molar-refractivity contribution < 1.29 is 29.0 Å². The summed E-state index contributed by atoms with van der Waals surface area (Å²) in [6, 6.07) is 4.73. The second-order valence-electron chi connectivity index (χ2n) is 4.49. The maximum absolute atomic E-state index is 12.2. The Morgan fingerprint density at radius 3 is 2.14 bits per heavy atom. The zero-order valence-electron chi connectivity index (χ0n) is 11.2. The van der Waals surface area contributed by atoms with Crippen LogP contribution in [0.3, 0.4) is 0 Å². The molecule has 7 heteroatoms. The minimum atomic E-state index is -1.39. The lowest BCUT2D eigenvalue weighted by Gasteiger charge is -2.21. The predicted molar refractivity (Wildman–Crippen MR) is 69.6 cm³/mol. The minimum Gasteiger partial charge on any atom is -0.480 e. The molecule has 0 aromatic heterocycles. The number of methoxy groups -OCH3 is 1. The number of fused-ring (bicyclic) bond motifs is 1. The number of carbonyl (C=O) groups is 4. The average molecular weight is 291 g/mol. The Kier molecular flexibility index (Phi) is 4.02. The fourth-order valence-electron chi connectivity index (χ4n) is 2.21. The molecule has 1 aliphatic rings. The van der Waals surface area contributed by atoms with E-state index in [2.05, 4.69) is 4.74 Å². The van der Waals surface area contributed by atoms with Crippen LogP contribution in [0.25, 0.3) is 0 Å². The molecule has 21 heavy (non-hydrogen) atoms. The van der Waals surface area contributed by atoms with Gasteiger partial charge in [0.25, 0.3) is 11.8 Å². The maximum Gasteiger partial charge on any atom is 0.326 e. The van der Waals surface area contributed by atoms with Gasteiger partial charge in [0.15, 0.2) is 0 Å². The molecule has 1 atom stereocenters. The number of nitrogens with zero attached hydrogens (tertiary/aromatic N) is 1. The molecular formula is C14H13NO6. The van der Waals surface area contributed by atoms with E-state index in [4.69, 9.17) is 0 Å². The van der Waals surface area contributed by atoms with Crippen molar-refractivity contribution in [1.82, 2.24) is 4.90 Å². The van der Waals surface area contributed by atoms with Crippen molar-refractivity contribution in [3.8, 4) is 0 Å². The summed E-state index contributed by atoms with van der Waals surface area (Å²) in [6.07, 6.45) is -0.381. The molecule has 0 bridgehead atoms. The number of rotatable bonds is 5. The Hall–Kier alpha value is -2.70. The standard InChI is InChI=1S/C14H13NO6/c1-21-11(16)7-6-10(14(19)20)15-12(17)8-4-2-3-5-9(8)13(15)18/h2-5,10H,6-7H2,1H3,(H,19,20)/t10-/m0/s1. The van der Waals surface area contributed by atoms with Crippen molar-refractivity contribution in [3.63, 3.8) is 0 Å². The van der Waals surface area contributed by atoms with Gasteiger partial charge in [-0.1, -0.05) is 12.1 Å². The molecular weight excluding hydrogens is 278 g/mol. The number of amides is 2. The van der Waals surface area contributed by atoms with Crippen molar-refractivity contribution in [1.29, 1.82) is 0 Å². The molecule has 1 aromatic rings. The SMILES string of the molecule is COC(=O)CC[C@@H](C(=O)O)N1C(=O)c2ccccc2C1=O. The van der Waals surface area contributed by atoms with Crippen molar-refractivity contribution in [2.45, 2.75) is 18.9 Å². The largest absolute Gasteiger partial charge is 0.480 e. The average Bonchev–Trinajstić information content (AvgIpc) is 2.72. The summed E-state index contributed by atoms with van der Waals surface area (Å²) in [6.45, 7) is 0. The van der Waals surface area contributed by atoms with E-state index < -0.39 is 29.8 Å². The lowest BCUT2D eigenvalue weighted by Crippen LogP contribution is -2.45. The zero-order valence-corrected chi connectivity index (χ0v) is 11.2. The summed E-state index contributed by atoms with van der Waals surface area (Å²) >= 11 is 0. The fraction of sp³-hybridized carbons (Fsp3) is 0.286. The molecule has 1 heterocycles. The fourth-order valence-corrected chi connectivity index (χ4v) is 2.21. The quantitative estimate of drug-likeness (QED) is 0.632. The van der Waals surface area contributed by atoms with Crippen LogP contribution in [-0.2, 0) is 14.3 Å². The van der Waals surface area contributed by atoms with E-state index in [1.807, 2.05) is 0 Å². The van der Waals surface area contributed by atoms with Crippen molar-refractivity contribution in [2.24, 2.45) is 0 Å². The number of carboxylic acid groups (broad SMARTS) is 1. The van der Waals surface area contributed by atoms with Crippen LogP contribution in [0.5, 0.6) is 0 Å². The van der Waals surface area contributed by atoms with Crippen LogP contribution in [0.15, 0.2) is 24.3 Å². The first-order valence-corrected chi connectivity index (χ1v) is 6.24. The van der Waals surface area contributed by atoms with Gasteiger partial charge in [0, 0.05) is 6.42 Å². The van der Waals surface area contributed by atoms with E-state index in [-0.39, 0.29) is 24.0 Å². The first kappa shape index (κ1) is 14.7. The summed E-state index contributed by atoms with van der Waals surface area (Å²) in [5.74, 6) is -3.26. The third kappa shape index (κ3) is 2.62. The zero-order chi connectivity index (χ0) is 15.6.